The first-order chi connectivity index (χ1) is 6.66. The molecule has 1 aliphatic heterocycles. The summed E-state index contributed by atoms with van der Waals surface area (Å²) in [6, 6.07) is 0.556. The van der Waals surface area contributed by atoms with Crippen LogP contribution < -0.4 is 0 Å². The van der Waals surface area contributed by atoms with E-state index in [1.807, 2.05) is 0 Å². The van der Waals surface area contributed by atoms with Gasteiger partial charge in [0.2, 0.25) is 0 Å². The molecule has 14 heavy (non-hydrogen) atoms. The highest BCUT2D eigenvalue weighted by Crippen LogP contribution is 2.28. The molecule has 0 bridgehead atoms. The Labute approximate surface area is 86.0 Å². The maximum atomic E-state index is 9.63. The van der Waals surface area contributed by atoms with Gasteiger partial charge in [-0.3, -0.25) is 0 Å². The molecular weight excluding hydrogens is 176 g/mol. The molecule has 1 saturated carbocycles. The molecule has 1 aliphatic carbocycles. The summed E-state index contributed by atoms with van der Waals surface area (Å²) in [6.45, 7) is 3.15. The van der Waals surface area contributed by atoms with E-state index in [1.54, 1.807) is 0 Å². The first kappa shape index (κ1) is 9.84. The van der Waals surface area contributed by atoms with Crippen molar-refractivity contribution in [3.63, 3.8) is 0 Å². The Balaban J connectivity index is 1.98. The van der Waals surface area contributed by atoms with Crippen LogP contribution in [0.5, 0.6) is 0 Å². The first-order valence-electron chi connectivity index (χ1n) is 5.50. The van der Waals surface area contributed by atoms with E-state index in [0.29, 0.717) is 6.04 Å². The number of nitrogens with zero attached hydrogens (tertiary/aromatic N) is 2. The molecule has 3 nitrogen and oxygen atoms in total. The predicted octanol–water partition coefficient (Wildman–Crippen LogP) is 1.36. The van der Waals surface area contributed by atoms with Gasteiger partial charge in [0, 0.05) is 25.0 Å². The van der Waals surface area contributed by atoms with Gasteiger partial charge < -0.3 is 14.9 Å². The molecule has 0 radical (unpaired) electrons. The van der Waals surface area contributed by atoms with Crippen LogP contribution in [0, 0.1) is 0 Å². The molecule has 0 aromatic rings. The summed E-state index contributed by atoms with van der Waals surface area (Å²) in [4.78, 5) is 4.62. The third-order valence-electron chi connectivity index (χ3n) is 3.30. The molecule has 1 fully saturated rings. The molecule has 0 saturated heterocycles. The number of aliphatic hydroxyl groups excluding tert-OH is 1. The number of rotatable bonds is 1. The topological polar surface area (TPSA) is 26.7 Å². The second-order valence-electron chi connectivity index (χ2n) is 4.61. The minimum absolute atomic E-state index is 0.0764. The summed E-state index contributed by atoms with van der Waals surface area (Å²) in [5.41, 5.74) is 1.34. The molecule has 1 heterocycles. The van der Waals surface area contributed by atoms with Gasteiger partial charge in [-0.25, -0.2) is 0 Å². The van der Waals surface area contributed by atoms with Gasteiger partial charge in [-0.1, -0.05) is 0 Å². The van der Waals surface area contributed by atoms with E-state index >= 15 is 0 Å². The smallest absolute Gasteiger partial charge is 0.0895 e. The molecule has 2 aliphatic rings. The van der Waals surface area contributed by atoms with Crippen molar-refractivity contribution in [2.24, 2.45) is 0 Å². The second kappa shape index (κ2) is 3.81. The average Bonchev–Trinajstić information content (AvgIpc) is 2.45. The fourth-order valence-electron chi connectivity index (χ4n) is 2.61. The van der Waals surface area contributed by atoms with Crippen molar-refractivity contribution < 1.29 is 5.11 Å². The normalized spacial score (nSPS) is 33.5. The van der Waals surface area contributed by atoms with Gasteiger partial charge in [0.25, 0.3) is 0 Å². The lowest BCUT2D eigenvalue weighted by Gasteiger charge is -2.35. The molecule has 3 heteroatoms. The summed E-state index contributed by atoms with van der Waals surface area (Å²) in [5.74, 6) is 0. The summed E-state index contributed by atoms with van der Waals surface area (Å²) >= 11 is 0. The summed E-state index contributed by atoms with van der Waals surface area (Å²) < 4.78 is 0. The Bertz CT molecular complexity index is 239. The van der Waals surface area contributed by atoms with Gasteiger partial charge >= 0.3 is 0 Å². The van der Waals surface area contributed by atoms with E-state index in [-0.39, 0.29) is 6.10 Å². The van der Waals surface area contributed by atoms with Crippen LogP contribution in [0.1, 0.15) is 32.6 Å². The summed E-state index contributed by atoms with van der Waals surface area (Å²) in [7, 11) is 2.10. The van der Waals surface area contributed by atoms with E-state index in [0.717, 1.165) is 19.5 Å². The zero-order valence-corrected chi connectivity index (χ0v) is 9.11. The Morgan fingerprint density at radius 1 is 1.43 bits per heavy atom. The first-order valence-corrected chi connectivity index (χ1v) is 5.50. The van der Waals surface area contributed by atoms with Crippen LogP contribution in [0.4, 0.5) is 0 Å². The van der Waals surface area contributed by atoms with E-state index in [2.05, 4.69) is 30.0 Å². The van der Waals surface area contributed by atoms with Crippen LogP contribution in [0.3, 0.4) is 0 Å². The highest BCUT2D eigenvalue weighted by Gasteiger charge is 2.28. The number of hydrogen-bond donors (Lipinski definition) is 1. The monoisotopic (exact) mass is 196 g/mol. The van der Waals surface area contributed by atoms with E-state index in [4.69, 9.17) is 0 Å². The van der Waals surface area contributed by atoms with Crippen LogP contribution in [-0.4, -0.2) is 40.8 Å². The summed E-state index contributed by atoms with van der Waals surface area (Å²) in [6.07, 6.45) is 6.44. The van der Waals surface area contributed by atoms with E-state index in [1.165, 1.54) is 18.5 Å². The van der Waals surface area contributed by atoms with Gasteiger partial charge in [0.1, 0.15) is 0 Å². The van der Waals surface area contributed by atoms with Gasteiger partial charge in [-0.05, 0) is 32.6 Å². The van der Waals surface area contributed by atoms with Crippen molar-refractivity contribution in [2.75, 3.05) is 13.7 Å². The Hall–Kier alpha value is -0.700. The quantitative estimate of drug-likeness (QED) is 0.686. The van der Waals surface area contributed by atoms with Crippen molar-refractivity contribution in [3.05, 3.63) is 11.9 Å². The molecule has 0 aromatic carbocycles. The lowest BCUT2D eigenvalue weighted by Crippen LogP contribution is -2.39. The Morgan fingerprint density at radius 3 is 2.79 bits per heavy atom. The molecule has 0 amide bonds. The van der Waals surface area contributed by atoms with Crippen LogP contribution in [-0.2, 0) is 0 Å². The average molecular weight is 196 g/mol. The third kappa shape index (κ3) is 1.87. The number of hydrogen-bond acceptors (Lipinski definition) is 3. The van der Waals surface area contributed by atoms with Crippen LogP contribution in [0.15, 0.2) is 11.9 Å². The molecule has 1 N–H and O–H groups in total. The standard InChI is InChI=1S/C11H20N2O/c1-9-7-12(2)8-13(9)10-4-3-5-11(14)6-10/h7,10-11,14H,3-6,8H2,1-2H3/t10?,11-/m1/s1. The summed E-state index contributed by atoms with van der Waals surface area (Å²) in [5, 5.41) is 9.63. The largest absolute Gasteiger partial charge is 0.393 e. The van der Waals surface area contributed by atoms with Gasteiger partial charge in [0.05, 0.1) is 12.8 Å². The van der Waals surface area contributed by atoms with Crippen molar-refractivity contribution in [1.82, 2.24) is 9.80 Å². The third-order valence-corrected chi connectivity index (χ3v) is 3.30. The van der Waals surface area contributed by atoms with E-state index < -0.39 is 0 Å². The maximum absolute atomic E-state index is 9.63. The molecular formula is C11H20N2O. The number of allylic oxidation sites excluding steroid dienone is 1. The lowest BCUT2D eigenvalue weighted by atomic mass is 9.92. The van der Waals surface area contributed by atoms with Gasteiger partial charge in [-0.2, -0.15) is 0 Å². The van der Waals surface area contributed by atoms with Crippen molar-refractivity contribution >= 4 is 0 Å². The zero-order chi connectivity index (χ0) is 10.1. The molecule has 0 spiro atoms. The Morgan fingerprint density at radius 2 is 2.21 bits per heavy atom. The SMILES string of the molecule is CC1=CN(C)CN1C1CCC[C@@H](O)C1. The molecule has 2 rings (SSSR count). The van der Waals surface area contributed by atoms with Gasteiger partial charge in [-0.15, -0.1) is 0 Å². The minimum atomic E-state index is -0.0764. The zero-order valence-electron chi connectivity index (χ0n) is 9.11. The second-order valence-corrected chi connectivity index (χ2v) is 4.61. The highest BCUT2D eigenvalue weighted by molar-refractivity contribution is 5.05. The lowest BCUT2D eigenvalue weighted by molar-refractivity contribution is 0.0710. The maximum Gasteiger partial charge on any atom is 0.0895 e. The number of aliphatic hydroxyl groups is 1. The molecule has 1 unspecified atom stereocenters. The molecule has 80 valence electrons. The van der Waals surface area contributed by atoms with Crippen molar-refractivity contribution in [1.29, 1.82) is 0 Å². The predicted molar refractivity (Wildman–Crippen MR) is 56.5 cm³/mol. The van der Waals surface area contributed by atoms with Crippen LogP contribution in [0.25, 0.3) is 0 Å². The van der Waals surface area contributed by atoms with Crippen LogP contribution in [0.2, 0.25) is 0 Å². The fourth-order valence-corrected chi connectivity index (χ4v) is 2.61. The van der Waals surface area contributed by atoms with Crippen molar-refractivity contribution in [3.8, 4) is 0 Å². The minimum Gasteiger partial charge on any atom is -0.393 e. The van der Waals surface area contributed by atoms with E-state index in [9.17, 15) is 5.11 Å². The van der Waals surface area contributed by atoms with Crippen LogP contribution >= 0.6 is 0 Å². The fraction of sp³-hybridized carbons (Fsp3) is 0.818. The highest BCUT2D eigenvalue weighted by atomic mass is 16.3. The molecule has 2 atom stereocenters. The van der Waals surface area contributed by atoms with Gasteiger partial charge in [0.15, 0.2) is 0 Å². The molecule has 0 aromatic heterocycles. The van der Waals surface area contributed by atoms with Crippen molar-refractivity contribution in [2.45, 2.75) is 44.8 Å². The Kier molecular flexibility index (Phi) is 2.68.